The maximum absolute atomic E-state index is 13.1. The molecular weight excluding hydrogens is 494 g/mol. The lowest BCUT2D eigenvalue weighted by Gasteiger charge is -2.20. The Morgan fingerprint density at radius 2 is 2.12 bits per heavy atom. The van der Waals surface area contributed by atoms with Crippen LogP contribution >= 0.6 is 34.3 Å². The number of sulfonamides is 1. The minimum Gasteiger partial charge on any atom is -0.465 e. The number of amides is 1. The fourth-order valence-electron chi connectivity index (χ4n) is 3.59. The van der Waals surface area contributed by atoms with Gasteiger partial charge in [-0.05, 0) is 49.4 Å². The molecule has 12 heteroatoms. The Bertz CT molecular complexity index is 1330. The van der Waals surface area contributed by atoms with E-state index in [0.29, 0.717) is 28.2 Å². The van der Waals surface area contributed by atoms with Crippen molar-refractivity contribution in [2.24, 2.45) is 4.99 Å². The highest BCUT2D eigenvalue weighted by atomic mass is 35.5. The number of thiophene rings is 1. The zero-order chi connectivity index (χ0) is 22.9. The predicted octanol–water partition coefficient (Wildman–Crippen LogP) is 3.26. The zero-order valence-corrected chi connectivity index (χ0v) is 20.3. The van der Waals surface area contributed by atoms with Crippen LogP contribution in [0.25, 0.3) is 10.2 Å². The van der Waals surface area contributed by atoms with Gasteiger partial charge in [0.25, 0.3) is 15.9 Å². The van der Waals surface area contributed by atoms with E-state index in [0.717, 1.165) is 16.0 Å². The molecule has 0 aliphatic carbocycles. The molecule has 1 unspecified atom stereocenters. The minimum atomic E-state index is -3.77. The quantitative estimate of drug-likeness (QED) is 0.471. The van der Waals surface area contributed by atoms with Gasteiger partial charge in [-0.25, -0.2) is 8.42 Å². The Morgan fingerprint density at radius 1 is 1.31 bits per heavy atom. The van der Waals surface area contributed by atoms with Gasteiger partial charge in [-0.1, -0.05) is 29.0 Å². The van der Waals surface area contributed by atoms with E-state index >= 15 is 0 Å². The van der Waals surface area contributed by atoms with Crippen LogP contribution in [0, 0.1) is 0 Å². The Balaban J connectivity index is 1.73. The highest BCUT2D eigenvalue weighted by Crippen LogP contribution is 2.29. The normalized spacial score (nSPS) is 17.8. The first-order valence-corrected chi connectivity index (χ1v) is 13.4. The average molecular weight is 514 g/mol. The summed E-state index contributed by atoms with van der Waals surface area (Å²) in [5.41, 5.74) is 0.688. The maximum atomic E-state index is 13.1. The van der Waals surface area contributed by atoms with Crippen molar-refractivity contribution >= 4 is 66.4 Å². The number of halogens is 1. The van der Waals surface area contributed by atoms with E-state index in [1.807, 2.05) is 0 Å². The largest absolute Gasteiger partial charge is 0.465 e. The SMILES string of the molecule is CCOC(=O)Cn1c(=NC(=O)C2CCCN2S(=O)(=O)c2cccs2)sc2cc(Cl)ccc21. The zero-order valence-electron chi connectivity index (χ0n) is 17.1. The average Bonchev–Trinajstić information content (AvgIpc) is 3.49. The second kappa shape index (κ2) is 9.44. The third kappa shape index (κ3) is 4.53. The van der Waals surface area contributed by atoms with Crippen molar-refractivity contribution in [1.29, 1.82) is 0 Å². The lowest BCUT2D eigenvalue weighted by Crippen LogP contribution is -2.40. The van der Waals surface area contributed by atoms with Gasteiger partial charge in [-0.15, -0.1) is 11.3 Å². The Hall–Kier alpha value is -2.05. The van der Waals surface area contributed by atoms with Crippen LogP contribution in [0.5, 0.6) is 0 Å². The number of ether oxygens (including phenoxy) is 1. The molecule has 1 aliphatic heterocycles. The number of hydrogen-bond acceptors (Lipinski definition) is 7. The van der Waals surface area contributed by atoms with Crippen LogP contribution in [-0.2, 0) is 30.9 Å². The van der Waals surface area contributed by atoms with E-state index in [1.54, 1.807) is 41.1 Å². The fourth-order valence-corrected chi connectivity index (χ4v) is 7.67. The summed E-state index contributed by atoms with van der Waals surface area (Å²) in [6, 6.07) is 7.48. The molecule has 0 saturated carbocycles. The van der Waals surface area contributed by atoms with Gasteiger partial charge in [0.2, 0.25) is 0 Å². The molecule has 4 rings (SSSR count). The number of thiazole rings is 1. The molecule has 1 atom stereocenters. The fraction of sp³-hybridized carbons (Fsp3) is 0.350. The van der Waals surface area contributed by atoms with Gasteiger partial charge < -0.3 is 9.30 Å². The number of carbonyl (C=O) groups excluding carboxylic acids is 2. The van der Waals surface area contributed by atoms with Gasteiger partial charge in [0.1, 0.15) is 16.8 Å². The molecule has 170 valence electrons. The number of carbonyl (C=O) groups is 2. The number of aromatic nitrogens is 1. The Kier molecular flexibility index (Phi) is 6.82. The van der Waals surface area contributed by atoms with Gasteiger partial charge in [-0.2, -0.15) is 9.30 Å². The number of esters is 1. The number of rotatable bonds is 6. The van der Waals surface area contributed by atoms with E-state index in [-0.39, 0.29) is 23.9 Å². The first-order valence-electron chi connectivity index (χ1n) is 9.89. The van der Waals surface area contributed by atoms with Crippen molar-refractivity contribution in [3.05, 3.63) is 45.5 Å². The summed E-state index contributed by atoms with van der Waals surface area (Å²) in [7, 11) is -3.77. The molecule has 0 N–H and O–H groups in total. The van der Waals surface area contributed by atoms with Crippen molar-refractivity contribution in [2.45, 2.75) is 36.6 Å². The lowest BCUT2D eigenvalue weighted by molar-refractivity contribution is -0.143. The first kappa shape index (κ1) is 23.1. The Morgan fingerprint density at radius 3 is 2.84 bits per heavy atom. The van der Waals surface area contributed by atoms with Crippen molar-refractivity contribution in [2.75, 3.05) is 13.2 Å². The van der Waals surface area contributed by atoms with Crippen molar-refractivity contribution in [3.8, 4) is 0 Å². The number of nitrogens with zero attached hydrogens (tertiary/aromatic N) is 3. The summed E-state index contributed by atoms with van der Waals surface area (Å²) in [6.45, 7) is 2.09. The van der Waals surface area contributed by atoms with E-state index in [9.17, 15) is 18.0 Å². The van der Waals surface area contributed by atoms with Gasteiger partial charge in [0.05, 0.1) is 16.8 Å². The molecular formula is C20H20ClN3O5S3. The van der Waals surface area contributed by atoms with Crippen LogP contribution in [0.1, 0.15) is 19.8 Å². The van der Waals surface area contributed by atoms with Gasteiger partial charge >= 0.3 is 5.97 Å². The maximum Gasteiger partial charge on any atom is 0.326 e. The predicted molar refractivity (Wildman–Crippen MR) is 123 cm³/mol. The highest BCUT2D eigenvalue weighted by Gasteiger charge is 2.40. The van der Waals surface area contributed by atoms with Crippen LogP contribution in [0.2, 0.25) is 5.02 Å². The summed E-state index contributed by atoms with van der Waals surface area (Å²) in [4.78, 5) is 29.8. The standard InChI is InChI=1S/C20H20ClN3O5S3/c1-2-29-17(25)12-23-14-8-7-13(21)11-16(14)31-20(23)22-19(26)15-5-3-9-24(15)32(27,28)18-6-4-10-30-18/h4,6-8,10-11,15H,2-3,5,9,12H2,1H3. The summed E-state index contributed by atoms with van der Waals surface area (Å²) in [5, 5.41) is 2.20. The molecule has 1 fully saturated rings. The lowest BCUT2D eigenvalue weighted by atomic mass is 10.2. The summed E-state index contributed by atoms with van der Waals surface area (Å²) in [6.07, 6.45) is 0.961. The molecule has 0 bridgehead atoms. The monoisotopic (exact) mass is 513 g/mol. The first-order chi connectivity index (χ1) is 15.3. The molecule has 3 aromatic rings. The van der Waals surface area contributed by atoms with Crippen LogP contribution in [-0.4, -0.2) is 48.4 Å². The van der Waals surface area contributed by atoms with Gasteiger partial charge in [-0.3, -0.25) is 9.59 Å². The molecule has 3 heterocycles. The molecule has 2 aromatic heterocycles. The van der Waals surface area contributed by atoms with Crippen molar-refractivity contribution < 1.29 is 22.7 Å². The molecule has 0 radical (unpaired) electrons. The van der Waals surface area contributed by atoms with E-state index < -0.39 is 27.9 Å². The van der Waals surface area contributed by atoms with Crippen molar-refractivity contribution in [1.82, 2.24) is 8.87 Å². The molecule has 1 aromatic carbocycles. The van der Waals surface area contributed by atoms with E-state index in [1.165, 1.54) is 21.7 Å². The Labute approximate surface area is 197 Å². The summed E-state index contributed by atoms with van der Waals surface area (Å²) in [5.74, 6) is -1.02. The molecule has 1 saturated heterocycles. The topological polar surface area (TPSA) is 98.0 Å². The molecule has 8 nitrogen and oxygen atoms in total. The van der Waals surface area contributed by atoms with E-state index in [4.69, 9.17) is 16.3 Å². The summed E-state index contributed by atoms with van der Waals surface area (Å²) < 4.78 is 34.8. The minimum absolute atomic E-state index is 0.122. The van der Waals surface area contributed by atoms with Gasteiger partial charge in [0.15, 0.2) is 4.80 Å². The van der Waals surface area contributed by atoms with Crippen LogP contribution in [0.4, 0.5) is 0 Å². The molecule has 1 amide bonds. The van der Waals surface area contributed by atoms with Gasteiger partial charge in [0, 0.05) is 11.6 Å². The third-order valence-corrected chi connectivity index (χ3v) is 9.55. The second-order valence-electron chi connectivity index (χ2n) is 7.04. The molecule has 32 heavy (non-hydrogen) atoms. The van der Waals surface area contributed by atoms with Crippen LogP contribution in [0.3, 0.4) is 0 Å². The highest BCUT2D eigenvalue weighted by molar-refractivity contribution is 7.91. The molecule has 0 spiro atoms. The number of hydrogen-bond donors (Lipinski definition) is 0. The third-order valence-electron chi connectivity index (χ3n) is 4.99. The molecule has 1 aliphatic rings. The summed E-state index contributed by atoms with van der Waals surface area (Å²) >= 11 is 8.42. The van der Waals surface area contributed by atoms with Crippen molar-refractivity contribution in [3.63, 3.8) is 0 Å². The van der Waals surface area contributed by atoms with Crippen LogP contribution in [0.15, 0.2) is 44.9 Å². The number of fused-ring (bicyclic) bond motifs is 1. The van der Waals surface area contributed by atoms with Crippen LogP contribution < -0.4 is 4.80 Å². The van der Waals surface area contributed by atoms with E-state index in [2.05, 4.69) is 4.99 Å². The number of benzene rings is 1. The smallest absolute Gasteiger partial charge is 0.326 e. The second-order valence-corrected chi connectivity index (χ2v) is 11.6.